The fourth-order valence-electron chi connectivity index (χ4n) is 6.10. The van der Waals surface area contributed by atoms with E-state index in [-0.39, 0.29) is 43.8 Å². The molecule has 0 aliphatic carbocycles. The normalized spacial score (nSPS) is 19.2. The second kappa shape index (κ2) is 17.2. The summed E-state index contributed by atoms with van der Waals surface area (Å²) >= 11 is 0. The van der Waals surface area contributed by atoms with E-state index in [1.165, 1.54) is 19.9 Å². The number of benzene rings is 2. The summed E-state index contributed by atoms with van der Waals surface area (Å²) < 4.78 is 17.4. The third-order valence-corrected chi connectivity index (χ3v) is 8.66. The molecule has 12 heteroatoms. The molecular formula is C38H50N4O8. The first-order chi connectivity index (χ1) is 23.8. The molecule has 0 aromatic heterocycles. The smallest absolute Gasteiger partial charge is 0.417 e. The lowest BCUT2D eigenvalue weighted by Gasteiger charge is -2.34. The highest BCUT2D eigenvalue weighted by Crippen LogP contribution is 2.35. The highest BCUT2D eigenvalue weighted by atomic mass is 16.6. The molecule has 1 fully saturated rings. The number of hydrogen-bond donors (Lipinski definition) is 0. The van der Waals surface area contributed by atoms with E-state index < -0.39 is 23.6 Å². The van der Waals surface area contributed by atoms with Gasteiger partial charge in [0.2, 0.25) is 23.6 Å². The van der Waals surface area contributed by atoms with Gasteiger partial charge in [-0.25, -0.2) is 9.69 Å². The minimum Gasteiger partial charge on any atom is -0.493 e. The average molecular weight is 691 g/mol. The summed E-state index contributed by atoms with van der Waals surface area (Å²) in [5, 5.41) is 0. The number of amides is 5. The van der Waals surface area contributed by atoms with Crippen LogP contribution >= 0.6 is 0 Å². The zero-order valence-electron chi connectivity index (χ0n) is 30.1. The molecule has 1 saturated heterocycles. The number of carbonyl (C=O) groups excluding carboxylic acids is 5. The van der Waals surface area contributed by atoms with Crippen LogP contribution in [0.15, 0.2) is 48.5 Å². The van der Waals surface area contributed by atoms with Crippen LogP contribution in [-0.2, 0) is 23.9 Å². The van der Waals surface area contributed by atoms with Gasteiger partial charge in [-0.1, -0.05) is 18.2 Å². The molecule has 270 valence electrons. The van der Waals surface area contributed by atoms with Crippen molar-refractivity contribution in [1.82, 2.24) is 19.6 Å². The lowest BCUT2D eigenvalue weighted by atomic mass is 10.00. The summed E-state index contributed by atoms with van der Waals surface area (Å²) in [6, 6.07) is 11.7. The van der Waals surface area contributed by atoms with Crippen molar-refractivity contribution in [2.75, 3.05) is 46.4 Å². The molecule has 2 aromatic rings. The Morgan fingerprint density at radius 2 is 1.46 bits per heavy atom. The van der Waals surface area contributed by atoms with Gasteiger partial charge < -0.3 is 28.9 Å². The molecule has 0 N–H and O–H groups in total. The summed E-state index contributed by atoms with van der Waals surface area (Å²) in [6.45, 7) is 10.1. The number of ether oxygens (including phenoxy) is 3. The maximum Gasteiger partial charge on any atom is 0.417 e. The lowest BCUT2D eigenvalue weighted by Crippen LogP contribution is -2.45. The summed E-state index contributed by atoms with van der Waals surface area (Å²) in [5.41, 5.74) is 0.540. The molecule has 3 heterocycles. The SMILES string of the molecule is COc1ccc2cc1Oc1ccc(cc1)[C@@H]1CC(=O)N(C(=O)OC(C)(C)C)CCCN(CCCCN(C(C)=O)CCCN1C(C)=O)C(=O)/C=C\2. The number of fused-ring (bicyclic) bond motifs is 3. The highest BCUT2D eigenvalue weighted by Gasteiger charge is 2.33. The molecule has 3 aliphatic heterocycles. The van der Waals surface area contributed by atoms with Crippen molar-refractivity contribution < 1.29 is 38.2 Å². The van der Waals surface area contributed by atoms with Crippen molar-refractivity contribution in [3.05, 3.63) is 59.7 Å². The molecule has 0 radical (unpaired) electrons. The van der Waals surface area contributed by atoms with E-state index in [4.69, 9.17) is 14.2 Å². The van der Waals surface area contributed by atoms with E-state index >= 15 is 0 Å². The Morgan fingerprint density at radius 3 is 2.12 bits per heavy atom. The predicted octanol–water partition coefficient (Wildman–Crippen LogP) is 5.81. The molecule has 50 heavy (non-hydrogen) atoms. The molecule has 12 nitrogen and oxygen atoms in total. The van der Waals surface area contributed by atoms with Gasteiger partial charge >= 0.3 is 6.09 Å². The number of methoxy groups -OCH3 is 1. The molecule has 5 amide bonds. The monoisotopic (exact) mass is 690 g/mol. The van der Waals surface area contributed by atoms with Gasteiger partial charge in [0.15, 0.2) is 11.5 Å². The van der Waals surface area contributed by atoms with Gasteiger partial charge in [-0.15, -0.1) is 0 Å². The summed E-state index contributed by atoms with van der Waals surface area (Å²) in [5.74, 6) is 0.381. The molecule has 6 bridgehead atoms. The average Bonchev–Trinajstić information content (AvgIpc) is 3.05. The van der Waals surface area contributed by atoms with Crippen LogP contribution in [0.25, 0.3) is 6.08 Å². The molecule has 3 aliphatic rings. The molecular weight excluding hydrogens is 640 g/mol. The van der Waals surface area contributed by atoms with E-state index in [1.54, 1.807) is 85.1 Å². The molecule has 0 spiro atoms. The fourth-order valence-corrected chi connectivity index (χ4v) is 6.10. The Hall–Kier alpha value is -4.87. The van der Waals surface area contributed by atoms with E-state index in [2.05, 4.69) is 0 Å². The Labute approximate surface area is 294 Å². The van der Waals surface area contributed by atoms with Crippen molar-refractivity contribution >= 4 is 35.8 Å². The third kappa shape index (κ3) is 10.6. The number of imide groups is 1. The first-order valence-corrected chi connectivity index (χ1v) is 17.2. The van der Waals surface area contributed by atoms with E-state index in [0.29, 0.717) is 68.1 Å². The van der Waals surface area contributed by atoms with E-state index in [9.17, 15) is 24.0 Å². The lowest BCUT2D eigenvalue weighted by molar-refractivity contribution is -0.135. The van der Waals surface area contributed by atoms with Crippen molar-refractivity contribution in [3.63, 3.8) is 0 Å². The fraction of sp³-hybridized carbons (Fsp3) is 0.500. The van der Waals surface area contributed by atoms with Gasteiger partial charge in [0.05, 0.1) is 19.6 Å². The zero-order chi connectivity index (χ0) is 36.4. The van der Waals surface area contributed by atoms with Crippen LogP contribution < -0.4 is 9.47 Å². The molecule has 0 saturated carbocycles. The Balaban J connectivity index is 1.86. The van der Waals surface area contributed by atoms with Crippen LogP contribution in [0.5, 0.6) is 17.2 Å². The van der Waals surface area contributed by atoms with E-state index in [0.717, 1.165) is 10.5 Å². The van der Waals surface area contributed by atoms with Crippen molar-refractivity contribution in [2.45, 2.75) is 78.4 Å². The highest BCUT2D eigenvalue weighted by molar-refractivity contribution is 5.93. The van der Waals surface area contributed by atoms with Crippen LogP contribution in [0.4, 0.5) is 4.79 Å². The van der Waals surface area contributed by atoms with Crippen LogP contribution in [0.3, 0.4) is 0 Å². The number of nitrogens with zero attached hydrogens (tertiary/aromatic N) is 4. The van der Waals surface area contributed by atoms with Crippen LogP contribution in [0.1, 0.15) is 83.9 Å². The van der Waals surface area contributed by atoms with Gasteiger partial charge in [-0.3, -0.25) is 19.2 Å². The predicted molar refractivity (Wildman–Crippen MR) is 189 cm³/mol. The number of hydrogen-bond acceptors (Lipinski definition) is 8. The first-order valence-electron chi connectivity index (χ1n) is 17.2. The van der Waals surface area contributed by atoms with Gasteiger partial charge in [-0.2, -0.15) is 0 Å². The third-order valence-electron chi connectivity index (χ3n) is 8.66. The maximum absolute atomic E-state index is 14.2. The Kier molecular flexibility index (Phi) is 13.0. The second-order valence-electron chi connectivity index (χ2n) is 13.6. The minimum absolute atomic E-state index is 0.0146. The molecule has 2 aromatic carbocycles. The Morgan fingerprint density at radius 1 is 0.800 bits per heavy atom. The summed E-state index contributed by atoms with van der Waals surface area (Å²) in [4.78, 5) is 73.3. The first kappa shape index (κ1) is 37.9. The topological polar surface area (TPSA) is 126 Å². The standard InChI is InChI=1S/C38H50N4O8/c1-27(43)39-19-7-8-20-40-22-10-24-42(37(47)50-38(3,4)5)36(46)26-32(41(28(2)44)23-9-21-39)30-13-15-31(16-14-30)49-34-25-29(12-18-35(40)45)11-17-33(34)48-6/h11-18,25,32H,7-10,19-24,26H2,1-6H3/b18-12-/t32-/m0/s1. The van der Waals surface area contributed by atoms with Crippen molar-refractivity contribution in [3.8, 4) is 17.2 Å². The van der Waals surface area contributed by atoms with Crippen molar-refractivity contribution in [1.29, 1.82) is 0 Å². The zero-order valence-corrected chi connectivity index (χ0v) is 30.1. The van der Waals surface area contributed by atoms with Gasteiger partial charge in [0.25, 0.3) is 0 Å². The number of carbonyl (C=O) groups is 5. The summed E-state index contributed by atoms with van der Waals surface area (Å²) in [6.07, 6.45) is 4.31. The second-order valence-corrected chi connectivity index (χ2v) is 13.6. The van der Waals surface area contributed by atoms with Gasteiger partial charge in [0.1, 0.15) is 11.4 Å². The largest absolute Gasteiger partial charge is 0.493 e. The maximum atomic E-state index is 14.2. The van der Waals surface area contributed by atoms with Crippen LogP contribution in [-0.4, -0.2) is 101 Å². The minimum atomic E-state index is -0.855. The molecule has 1 atom stereocenters. The molecule has 5 rings (SSSR count). The van der Waals surface area contributed by atoms with E-state index in [1.807, 2.05) is 6.07 Å². The number of rotatable bonds is 1. The summed E-state index contributed by atoms with van der Waals surface area (Å²) in [7, 11) is 1.55. The molecule has 0 unspecified atom stereocenters. The van der Waals surface area contributed by atoms with Crippen LogP contribution in [0.2, 0.25) is 0 Å². The Bertz CT molecular complexity index is 1570. The van der Waals surface area contributed by atoms with Gasteiger partial charge in [0, 0.05) is 59.2 Å². The quantitative estimate of drug-likeness (QED) is 0.367. The van der Waals surface area contributed by atoms with Crippen molar-refractivity contribution in [2.24, 2.45) is 0 Å². The van der Waals surface area contributed by atoms with Crippen LogP contribution in [0, 0.1) is 0 Å². The van der Waals surface area contributed by atoms with Gasteiger partial charge in [-0.05, 0) is 87.9 Å².